The molecule has 0 aromatic carbocycles. The van der Waals surface area contributed by atoms with E-state index in [0.29, 0.717) is 6.10 Å². The smallest absolute Gasteiger partial charge is 0.0700 e. The van der Waals surface area contributed by atoms with Crippen LogP contribution in [0, 0.1) is 0 Å². The van der Waals surface area contributed by atoms with Gasteiger partial charge in [0, 0.05) is 19.2 Å². The molecule has 0 amide bonds. The highest BCUT2D eigenvalue weighted by Crippen LogP contribution is 2.13. The van der Waals surface area contributed by atoms with Crippen LogP contribution < -0.4 is 5.32 Å². The summed E-state index contributed by atoms with van der Waals surface area (Å²) in [6, 6.07) is 0.732. The molecule has 3 nitrogen and oxygen atoms in total. The van der Waals surface area contributed by atoms with E-state index in [1.165, 1.54) is 38.8 Å². The predicted octanol–water partition coefficient (Wildman–Crippen LogP) is 0.849. The fourth-order valence-electron chi connectivity index (χ4n) is 2.32. The Balaban J connectivity index is 1.60. The molecule has 0 bridgehead atoms. The first-order chi connectivity index (χ1) is 6.84. The Morgan fingerprint density at radius 2 is 2.07 bits per heavy atom. The van der Waals surface area contributed by atoms with Crippen LogP contribution >= 0.6 is 0 Å². The summed E-state index contributed by atoms with van der Waals surface area (Å²) in [6.45, 7) is 4.51. The Morgan fingerprint density at radius 1 is 1.29 bits per heavy atom. The standard InChI is InChI=1S/C11H22N2O/c1-13-6-4-10(5-7-13)12-9-11-3-2-8-14-11/h10-12H,2-9H2,1H3/t11-/m0/s1. The van der Waals surface area contributed by atoms with Gasteiger partial charge in [0.1, 0.15) is 0 Å². The second-order valence-corrected chi connectivity index (χ2v) is 4.62. The van der Waals surface area contributed by atoms with Crippen LogP contribution in [-0.2, 0) is 4.74 Å². The molecule has 2 aliphatic rings. The molecular weight excluding hydrogens is 176 g/mol. The molecule has 0 aromatic rings. The van der Waals surface area contributed by atoms with Crippen molar-refractivity contribution < 1.29 is 4.74 Å². The zero-order valence-corrected chi connectivity index (χ0v) is 9.17. The minimum atomic E-state index is 0.495. The molecule has 2 heterocycles. The fourth-order valence-corrected chi connectivity index (χ4v) is 2.32. The molecule has 0 saturated carbocycles. The molecule has 0 aliphatic carbocycles. The second-order valence-electron chi connectivity index (χ2n) is 4.62. The zero-order chi connectivity index (χ0) is 9.80. The maximum Gasteiger partial charge on any atom is 0.0700 e. The molecule has 2 rings (SSSR count). The van der Waals surface area contributed by atoms with Gasteiger partial charge in [-0.3, -0.25) is 0 Å². The lowest BCUT2D eigenvalue weighted by Crippen LogP contribution is -2.43. The molecule has 2 fully saturated rings. The van der Waals surface area contributed by atoms with E-state index < -0.39 is 0 Å². The Labute approximate surface area is 86.8 Å². The van der Waals surface area contributed by atoms with Gasteiger partial charge in [-0.05, 0) is 45.8 Å². The van der Waals surface area contributed by atoms with Crippen molar-refractivity contribution in [2.45, 2.75) is 37.8 Å². The van der Waals surface area contributed by atoms with E-state index in [4.69, 9.17) is 4.74 Å². The van der Waals surface area contributed by atoms with E-state index >= 15 is 0 Å². The van der Waals surface area contributed by atoms with Crippen LogP contribution in [0.2, 0.25) is 0 Å². The average molecular weight is 198 g/mol. The largest absolute Gasteiger partial charge is 0.377 e. The molecule has 0 radical (unpaired) electrons. The van der Waals surface area contributed by atoms with Gasteiger partial charge in [-0.2, -0.15) is 0 Å². The third-order valence-electron chi connectivity index (χ3n) is 3.38. The molecule has 0 unspecified atom stereocenters. The highest BCUT2D eigenvalue weighted by atomic mass is 16.5. The van der Waals surface area contributed by atoms with Crippen molar-refractivity contribution in [3.8, 4) is 0 Å². The number of hydrogen-bond donors (Lipinski definition) is 1. The Hall–Kier alpha value is -0.120. The van der Waals surface area contributed by atoms with E-state index in [2.05, 4.69) is 17.3 Å². The molecule has 2 aliphatic heterocycles. The molecular formula is C11H22N2O. The molecule has 82 valence electrons. The van der Waals surface area contributed by atoms with Crippen LogP contribution in [0.4, 0.5) is 0 Å². The Morgan fingerprint density at radius 3 is 2.71 bits per heavy atom. The van der Waals surface area contributed by atoms with Crippen molar-refractivity contribution in [1.29, 1.82) is 0 Å². The summed E-state index contributed by atoms with van der Waals surface area (Å²) in [6.07, 6.45) is 5.58. The van der Waals surface area contributed by atoms with Gasteiger partial charge in [-0.15, -0.1) is 0 Å². The van der Waals surface area contributed by atoms with Crippen LogP contribution in [0.15, 0.2) is 0 Å². The first-order valence-electron chi connectivity index (χ1n) is 5.88. The zero-order valence-electron chi connectivity index (χ0n) is 9.17. The highest BCUT2D eigenvalue weighted by Gasteiger charge is 2.19. The van der Waals surface area contributed by atoms with E-state index in [9.17, 15) is 0 Å². The number of piperidine rings is 1. The van der Waals surface area contributed by atoms with Gasteiger partial charge in [0.15, 0.2) is 0 Å². The third kappa shape index (κ3) is 2.94. The van der Waals surface area contributed by atoms with Crippen molar-refractivity contribution in [3.05, 3.63) is 0 Å². The number of hydrogen-bond acceptors (Lipinski definition) is 3. The lowest BCUT2D eigenvalue weighted by atomic mass is 10.1. The lowest BCUT2D eigenvalue weighted by Gasteiger charge is -2.30. The molecule has 0 aromatic heterocycles. The summed E-state index contributed by atoms with van der Waals surface area (Å²) in [5.74, 6) is 0. The summed E-state index contributed by atoms with van der Waals surface area (Å²) >= 11 is 0. The van der Waals surface area contributed by atoms with E-state index in [1.54, 1.807) is 0 Å². The van der Waals surface area contributed by atoms with E-state index in [0.717, 1.165) is 19.2 Å². The topological polar surface area (TPSA) is 24.5 Å². The van der Waals surface area contributed by atoms with Crippen LogP contribution in [-0.4, -0.2) is 50.3 Å². The Bertz CT molecular complexity index is 161. The summed E-state index contributed by atoms with van der Waals surface area (Å²) in [4.78, 5) is 2.41. The maximum atomic E-state index is 5.59. The van der Waals surface area contributed by atoms with Crippen molar-refractivity contribution in [2.75, 3.05) is 33.3 Å². The SMILES string of the molecule is CN1CCC(NC[C@@H]2CCCO2)CC1. The van der Waals surface area contributed by atoms with E-state index in [-0.39, 0.29) is 0 Å². The fraction of sp³-hybridized carbons (Fsp3) is 1.00. The second kappa shape index (κ2) is 5.10. The van der Waals surface area contributed by atoms with Gasteiger partial charge in [-0.1, -0.05) is 0 Å². The highest BCUT2D eigenvalue weighted by molar-refractivity contribution is 4.77. The predicted molar refractivity (Wildman–Crippen MR) is 57.5 cm³/mol. The molecule has 3 heteroatoms. The van der Waals surface area contributed by atoms with Gasteiger partial charge in [0.25, 0.3) is 0 Å². The van der Waals surface area contributed by atoms with Gasteiger partial charge in [0.05, 0.1) is 6.10 Å². The minimum absolute atomic E-state index is 0.495. The molecule has 1 atom stereocenters. The summed E-state index contributed by atoms with van der Waals surface area (Å²) < 4.78 is 5.59. The summed E-state index contributed by atoms with van der Waals surface area (Å²) in [5.41, 5.74) is 0. The molecule has 2 saturated heterocycles. The van der Waals surface area contributed by atoms with Crippen molar-refractivity contribution in [1.82, 2.24) is 10.2 Å². The Kier molecular flexibility index (Phi) is 3.79. The maximum absolute atomic E-state index is 5.59. The normalized spacial score (nSPS) is 31.1. The van der Waals surface area contributed by atoms with Crippen molar-refractivity contribution >= 4 is 0 Å². The summed E-state index contributed by atoms with van der Waals surface area (Å²) in [5, 5.41) is 3.63. The molecule has 14 heavy (non-hydrogen) atoms. The lowest BCUT2D eigenvalue weighted by molar-refractivity contribution is 0.103. The third-order valence-corrected chi connectivity index (χ3v) is 3.38. The van der Waals surface area contributed by atoms with Gasteiger partial charge in [-0.25, -0.2) is 0 Å². The molecule has 0 spiro atoms. The van der Waals surface area contributed by atoms with Crippen molar-refractivity contribution in [3.63, 3.8) is 0 Å². The number of nitrogens with zero attached hydrogens (tertiary/aromatic N) is 1. The minimum Gasteiger partial charge on any atom is -0.377 e. The van der Waals surface area contributed by atoms with Crippen LogP contribution in [0.25, 0.3) is 0 Å². The average Bonchev–Trinajstić information content (AvgIpc) is 2.70. The van der Waals surface area contributed by atoms with Gasteiger partial charge < -0.3 is 15.0 Å². The monoisotopic (exact) mass is 198 g/mol. The first kappa shape index (κ1) is 10.4. The first-order valence-corrected chi connectivity index (χ1v) is 5.88. The summed E-state index contributed by atoms with van der Waals surface area (Å²) in [7, 11) is 2.20. The number of rotatable bonds is 3. The van der Waals surface area contributed by atoms with Gasteiger partial charge in [0.2, 0.25) is 0 Å². The van der Waals surface area contributed by atoms with E-state index in [1.807, 2.05) is 0 Å². The van der Waals surface area contributed by atoms with Crippen LogP contribution in [0.5, 0.6) is 0 Å². The van der Waals surface area contributed by atoms with Gasteiger partial charge >= 0.3 is 0 Å². The number of ether oxygens (including phenoxy) is 1. The number of likely N-dealkylation sites (tertiary alicyclic amines) is 1. The van der Waals surface area contributed by atoms with Crippen LogP contribution in [0.3, 0.4) is 0 Å². The van der Waals surface area contributed by atoms with Crippen molar-refractivity contribution in [2.24, 2.45) is 0 Å². The van der Waals surface area contributed by atoms with Crippen LogP contribution in [0.1, 0.15) is 25.7 Å². The molecule has 1 N–H and O–H groups in total. The number of nitrogens with one attached hydrogen (secondary N) is 1. The quantitative estimate of drug-likeness (QED) is 0.727.